The van der Waals surface area contributed by atoms with Crippen molar-refractivity contribution in [3.8, 4) is 0 Å². The van der Waals surface area contributed by atoms with Gasteiger partial charge >= 0.3 is 0 Å². The molecular weight excluding hydrogens is 152 g/mol. The van der Waals surface area contributed by atoms with Crippen LogP contribution in [0.5, 0.6) is 0 Å². The van der Waals surface area contributed by atoms with Gasteiger partial charge in [-0.3, -0.25) is 0 Å². The van der Waals surface area contributed by atoms with E-state index >= 15 is 0 Å². The summed E-state index contributed by atoms with van der Waals surface area (Å²) in [6.07, 6.45) is 4.75. The zero-order chi connectivity index (χ0) is 6.69. The molecule has 0 saturated heterocycles. The molecule has 0 N–H and O–H groups in total. The van der Waals surface area contributed by atoms with Crippen LogP contribution in [-0.2, 0) is 9.83 Å². The van der Waals surface area contributed by atoms with E-state index in [0.29, 0.717) is 5.25 Å². The third-order valence-corrected chi connectivity index (χ3v) is 3.94. The zero-order valence-electron chi connectivity index (χ0n) is 4.95. The molecule has 0 fully saturated rings. The smallest absolute Gasteiger partial charge is 0.105 e. The molecule has 2 atom stereocenters. The van der Waals surface area contributed by atoms with Gasteiger partial charge in [-0.05, 0) is 17.2 Å². The van der Waals surface area contributed by atoms with Crippen LogP contribution in [0.2, 0.25) is 0 Å². The maximum atomic E-state index is 10.8. The van der Waals surface area contributed by atoms with Crippen molar-refractivity contribution in [1.29, 1.82) is 0 Å². The van der Waals surface area contributed by atoms with Crippen molar-refractivity contribution in [2.24, 2.45) is 0 Å². The Morgan fingerprint density at radius 2 is 2.67 bits per heavy atom. The molecule has 1 aliphatic rings. The van der Waals surface area contributed by atoms with Gasteiger partial charge in [0, 0.05) is 10.7 Å². The maximum absolute atomic E-state index is 10.8. The average Bonchev–Trinajstić information content (AvgIpc) is 1.88. The van der Waals surface area contributed by atoms with Crippen LogP contribution in [0, 0.1) is 0 Å². The molecule has 0 aliphatic carbocycles. The molecule has 1 nitrogen and oxygen atoms in total. The summed E-state index contributed by atoms with van der Waals surface area (Å²) in [6, 6.07) is 0. The van der Waals surface area contributed by atoms with E-state index in [1.807, 2.05) is 12.2 Å². The van der Waals surface area contributed by atoms with Gasteiger partial charge in [-0.2, -0.15) is 0 Å². The summed E-state index contributed by atoms with van der Waals surface area (Å²) in [5.74, 6) is 0. The van der Waals surface area contributed by atoms with Crippen molar-refractivity contribution in [1.82, 2.24) is 0 Å². The predicted octanol–water partition coefficient (Wildman–Crippen LogP) is 1.86. The van der Waals surface area contributed by atoms with Crippen LogP contribution in [-0.4, -0.2) is 9.46 Å². The first kappa shape index (κ1) is 7.09. The molecule has 50 valence electrons. The topological polar surface area (TPSA) is 17.1 Å². The van der Waals surface area contributed by atoms with Gasteiger partial charge < -0.3 is 0 Å². The van der Waals surface area contributed by atoms with Crippen LogP contribution in [0.1, 0.15) is 6.42 Å². The molecule has 0 amide bonds. The second-order valence-corrected chi connectivity index (χ2v) is 4.89. The Kier molecular flexibility index (Phi) is 2.54. The van der Waals surface area contributed by atoms with Gasteiger partial charge in [-0.25, -0.2) is 4.21 Å². The third kappa shape index (κ3) is 1.99. The summed E-state index contributed by atoms with van der Waals surface area (Å²) in [6.45, 7) is 3.63. The Morgan fingerprint density at radius 1 is 1.89 bits per heavy atom. The lowest BCUT2D eigenvalue weighted by molar-refractivity contribution is 0.695. The van der Waals surface area contributed by atoms with E-state index in [1.165, 1.54) is 10.8 Å². The molecule has 2 unspecified atom stereocenters. The lowest BCUT2D eigenvalue weighted by Gasteiger charge is -2.10. The first-order chi connectivity index (χ1) is 4.33. The Balaban J connectivity index is 2.56. The molecule has 3 heteroatoms. The Morgan fingerprint density at radius 3 is 3.11 bits per heavy atom. The van der Waals surface area contributed by atoms with E-state index in [9.17, 15) is 4.21 Å². The van der Waals surface area contributed by atoms with Gasteiger partial charge in [0.1, 0.15) is 9.83 Å². The van der Waals surface area contributed by atoms with E-state index < -0.39 is 9.83 Å². The van der Waals surface area contributed by atoms with Crippen LogP contribution < -0.4 is 0 Å². The highest BCUT2D eigenvalue weighted by Crippen LogP contribution is 2.25. The standard InChI is InChI=1S/C6H8OS2/c1-2-6-4-3-5-9(7)8-6/h2-3,5-6H,1,4H2. The van der Waals surface area contributed by atoms with Crippen LogP contribution in [0.3, 0.4) is 0 Å². The van der Waals surface area contributed by atoms with E-state index in [1.54, 1.807) is 5.41 Å². The molecule has 0 aromatic rings. The van der Waals surface area contributed by atoms with Crippen LogP contribution >= 0.6 is 10.8 Å². The molecule has 0 spiro atoms. The molecule has 1 aliphatic heterocycles. The molecule has 1 rings (SSSR count). The molecule has 9 heavy (non-hydrogen) atoms. The van der Waals surface area contributed by atoms with Crippen molar-refractivity contribution in [3.63, 3.8) is 0 Å². The molecule has 0 radical (unpaired) electrons. The SMILES string of the molecule is C=CC1CC=CS(=O)S1. The van der Waals surface area contributed by atoms with Gasteiger partial charge in [-0.15, -0.1) is 6.58 Å². The van der Waals surface area contributed by atoms with Crippen LogP contribution in [0.4, 0.5) is 0 Å². The normalized spacial score (nSPS) is 34.2. The van der Waals surface area contributed by atoms with E-state index in [-0.39, 0.29) is 0 Å². The van der Waals surface area contributed by atoms with Crippen LogP contribution in [0.25, 0.3) is 0 Å². The van der Waals surface area contributed by atoms with E-state index in [4.69, 9.17) is 0 Å². The maximum Gasteiger partial charge on any atom is 0.105 e. The van der Waals surface area contributed by atoms with Gasteiger partial charge in [0.15, 0.2) is 0 Å². The summed E-state index contributed by atoms with van der Waals surface area (Å²) >= 11 is 0. The largest absolute Gasteiger partial charge is 0.243 e. The molecule has 0 aromatic heterocycles. The van der Waals surface area contributed by atoms with E-state index in [0.717, 1.165) is 6.42 Å². The highest BCUT2D eigenvalue weighted by atomic mass is 33.1. The molecule has 0 bridgehead atoms. The summed E-state index contributed by atoms with van der Waals surface area (Å²) < 4.78 is 10.8. The Hall–Kier alpha value is -0.0200. The summed E-state index contributed by atoms with van der Waals surface area (Å²) in [5, 5.41) is 2.08. The first-order valence-electron chi connectivity index (χ1n) is 2.70. The highest BCUT2D eigenvalue weighted by Gasteiger charge is 2.10. The molecule has 0 aromatic carbocycles. The fourth-order valence-corrected chi connectivity index (χ4v) is 3.07. The number of rotatable bonds is 1. The minimum absolute atomic E-state index is 0.357. The fraction of sp³-hybridized carbons (Fsp3) is 0.333. The van der Waals surface area contributed by atoms with Gasteiger partial charge in [-0.1, -0.05) is 12.2 Å². The monoisotopic (exact) mass is 160 g/mol. The third-order valence-electron chi connectivity index (χ3n) is 1.06. The van der Waals surface area contributed by atoms with E-state index in [2.05, 4.69) is 6.58 Å². The lowest BCUT2D eigenvalue weighted by atomic mass is 10.3. The summed E-state index contributed by atoms with van der Waals surface area (Å²) in [4.78, 5) is 0. The molecule has 0 saturated carbocycles. The summed E-state index contributed by atoms with van der Waals surface area (Å²) in [5.41, 5.74) is 0. The highest BCUT2D eigenvalue weighted by molar-refractivity contribution is 8.70. The lowest BCUT2D eigenvalue weighted by Crippen LogP contribution is -2.00. The van der Waals surface area contributed by atoms with Crippen molar-refractivity contribution >= 4 is 20.6 Å². The Labute approximate surface area is 61.1 Å². The molecular formula is C6H8OS2. The van der Waals surface area contributed by atoms with Gasteiger partial charge in [0.05, 0.1) is 0 Å². The minimum Gasteiger partial charge on any atom is -0.243 e. The number of hydrogen-bond donors (Lipinski definition) is 0. The zero-order valence-corrected chi connectivity index (χ0v) is 6.58. The quantitative estimate of drug-likeness (QED) is 0.430. The second-order valence-electron chi connectivity index (χ2n) is 1.74. The Bertz CT molecular complexity index is 162. The number of hydrogen-bond acceptors (Lipinski definition) is 2. The van der Waals surface area contributed by atoms with Crippen LogP contribution in [0.15, 0.2) is 24.1 Å². The molecule has 1 heterocycles. The predicted molar refractivity (Wildman–Crippen MR) is 43.5 cm³/mol. The number of allylic oxidation sites excluding steroid dienone is 1. The van der Waals surface area contributed by atoms with Gasteiger partial charge in [0.25, 0.3) is 0 Å². The van der Waals surface area contributed by atoms with Gasteiger partial charge in [0.2, 0.25) is 0 Å². The van der Waals surface area contributed by atoms with Crippen molar-refractivity contribution in [3.05, 3.63) is 24.1 Å². The fourth-order valence-electron chi connectivity index (χ4n) is 0.597. The summed E-state index contributed by atoms with van der Waals surface area (Å²) in [7, 11) is 0.648. The average molecular weight is 160 g/mol. The van der Waals surface area contributed by atoms with Crippen molar-refractivity contribution < 1.29 is 4.21 Å². The second kappa shape index (κ2) is 3.22. The minimum atomic E-state index is -0.805. The van der Waals surface area contributed by atoms with Crippen molar-refractivity contribution in [2.75, 3.05) is 0 Å². The first-order valence-corrected chi connectivity index (χ1v) is 5.31. The van der Waals surface area contributed by atoms with Crippen molar-refractivity contribution in [2.45, 2.75) is 11.7 Å².